The maximum absolute atomic E-state index is 13.3. The summed E-state index contributed by atoms with van der Waals surface area (Å²) in [5, 5.41) is 0.224. The van der Waals surface area contributed by atoms with Gasteiger partial charge in [-0.2, -0.15) is 0 Å². The normalized spacial score (nSPS) is 13.9. The number of furan rings is 1. The van der Waals surface area contributed by atoms with Gasteiger partial charge in [0.15, 0.2) is 5.76 Å². The quantitative estimate of drug-likeness (QED) is 0.347. The van der Waals surface area contributed by atoms with Gasteiger partial charge >= 0.3 is 5.97 Å². The van der Waals surface area contributed by atoms with Crippen LogP contribution in [0.4, 0.5) is 0 Å². The highest BCUT2D eigenvalue weighted by atomic mass is 16.5. The van der Waals surface area contributed by atoms with Crippen molar-refractivity contribution in [1.29, 1.82) is 0 Å². The van der Waals surface area contributed by atoms with E-state index < -0.39 is 29.3 Å². The first-order chi connectivity index (χ1) is 15.9. The average molecular weight is 443 g/mol. The van der Waals surface area contributed by atoms with E-state index in [1.165, 1.54) is 25.3 Å². The maximum Gasteiger partial charge on any atom is 0.334 e. The molecule has 0 fully saturated rings. The molecule has 1 aliphatic rings. The number of aryl methyl sites for hydroxylation is 1. The molecule has 1 unspecified atom stereocenters. The molecule has 2 amide bonds. The molecule has 33 heavy (non-hydrogen) atoms. The van der Waals surface area contributed by atoms with Crippen molar-refractivity contribution in [1.82, 2.24) is 4.90 Å². The second-order valence-electron chi connectivity index (χ2n) is 7.69. The van der Waals surface area contributed by atoms with Crippen molar-refractivity contribution in [3.05, 3.63) is 87.8 Å². The Labute approximate surface area is 187 Å². The molecule has 1 aliphatic heterocycles. The third-order valence-electron chi connectivity index (χ3n) is 5.51. The van der Waals surface area contributed by atoms with E-state index in [1.54, 1.807) is 42.5 Å². The summed E-state index contributed by atoms with van der Waals surface area (Å²) in [7, 11) is 0. The van der Waals surface area contributed by atoms with Crippen LogP contribution in [-0.2, 0) is 4.79 Å². The first kappa shape index (κ1) is 20.4. The smallest absolute Gasteiger partial charge is 0.334 e. The van der Waals surface area contributed by atoms with Gasteiger partial charge in [-0.15, -0.1) is 0 Å². The molecule has 0 N–H and O–H groups in total. The summed E-state index contributed by atoms with van der Waals surface area (Å²) in [6.45, 7) is 3.18. The summed E-state index contributed by atoms with van der Waals surface area (Å²) in [6, 6.07) is 13.2. The van der Waals surface area contributed by atoms with Crippen molar-refractivity contribution in [2.45, 2.75) is 19.9 Å². The lowest BCUT2D eigenvalue weighted by molar-refractivity contribution is -0.138. The number of ether oxygens (including phenoxy) is 1. The van der Waals surface area contributed by atoms with Crippen LogP contribution in [-0.4, -0.2) is 28.7 Å². The molecule has 5 rings (SSSR count). The Bertz CT molecular complexity index is 1460. The van der Waals surface area contributed by atoms with Crippen molar-refractivity contribution < 1.29 is 28.0 Å². The van der Waals surface area contributed by atoms with E-state index in [0.29, 0.717) is 5.58 Å². The van der Waals surface area contributed by atoms with Crippen molar-refractivity contribution in [2.24, 2.45) is 0 Å². The van der Waals surface area contributed by atoms with Crippen molar-refractivity contribution in [3.8, 4) is 17.3 Å². The minimum Gasteiger partial charge on any atom is -0.461 e. The summed E-state index contributed by atoms with van der Waals surface area (Å²) < 4.78 is 16.7. The fourth-order valence-corrected chi connectivity index (χ4v) is 3.81. The number of amides is 2. The monoisotopic (exact) mass is 443 g/mol. The molecular weight excluding hydrogens is 426 g/mol. The molecule has 0 saturated heterocycles. The van der Waals surface area contributed by atoms with Gasteiger partial charge in [-0.05, 0) is 50.2 Å². The minimum absolute atomic E-state index is 0.0655. The zero-order chi connectivity index (χ0) is 23.3. The Balaban J connectivity index is 1.55. The molecule has 3 heterocycles. The molecule has 0 saturated carbocycles. The fourth-order valence-electron chi connectivity index (χ4n) is 3.81. The number of carbonyl (C=O) groups excluding carboxylic acids is 3. The zero-order valence-corrected chi connectivity index (χ0v) is 17.7. The van der Waals surface area contributed by atoms with Crippen LogP contribution in [0.1, 0.15) is 33.2 Å². The van der Waals surface area contributed by atoms with Crippen molar-refractivity contribution >= 4 is 28.8 Å². The SMILES string of the molecule is Cc1ccc2oc(-c3ccco3)c(OC(=O)C(C)N3C(=O)c4ccccc4C3=O)c(=O)c2c1. The average Bonchev–Trinajstić information content (AvgIpc) is 3.43. The standard InChI is InChI=1S/C25H17NO7/c1-13-9-10-18-17(12-13)20(27)22(21(32-18)19-8-5-11-31-19)33-25(30)14(2)26-23(28)15-6-3-4-7-16(15)24(26)29/h3-12,14H,1-2H3. The fraction of sp³-hybridized carbons (Fsp3) is 0.120. The van der Waals surface area contributed by atoms with Crippen LogP contribution in [0.15, 0.2) is 74.5 Å². The minimum atomic E-state index is -1.28. The Morgan fingerprint density at radius 3 is 2.30 bits per heavy atom. The van der Waals surface area contributed by atoms with E-state index in [0.717, 1.165) is 10.5 Å². The number of carbonyl (C=O) groups is 3. The lowest BCUT2D eigenvalue weighted by Gasteiger charge is -2.21. The molecule has 0 spiro atoms. The van der Waals surface area contributed by atoms with E-state index in [-0.39, 0.29) is 33.8 Å². The number of hydrogen-bond donors (Lipinski definition) is 0. The zero-order valence-electron chi connectivity index (χ0n) is 17.7. The number of esters is 1. The van der Waals surface area contributed by atoms with Crippen LogP contribution in [0, 0.1) is 6.92 Å². The third kappa shape index (κ3) is 3.23. The Morgan fingerprint density at radius 2 is 1.67 bits per heavy atom. The molecule has 4 aromatic rings. The van der Waals surface area contributed by atoms with Gasteiger partial charge in [-0.1, -0.05) is 23.8 Å². The van der Waals surface area contributed by atoms with Crippen molar-refractivity contribution in [2.75, 3.05) is 0 Å². The molecule has 8 heteroatoms. The number of hydrogen-bond acceptors (Lipinski definition) is 7. The van der Waals surface area contributed by atoms with Crippen LogP contribution >= 0.6 is 0 Å². The number of imide groups is 1. The Hall–Kier alpha value is -4.46. The summed E-state index contributed by atoms with van der Waals surface area (Å²) in [5.41, 5.74) is 0.954. The lowest BCUT2D eigenvalue weighted by Crippen LogP contribution is -2.45. The number of rotatable bonds is 4. The van der Waals surface area contributed by atoms with Gasteiger partial charge in [0.2, 0.25) is 16.9 Å². The van der Waals surface area contributed by atoms with Crippen LogP contribution < -0.4 is 10.2 Å². The largest absolute Gasteiger partial charge is 0.461 e. The maximum atomic E-state index is 13.3. The van der Waals surface area contributed by atoms with Gasteiger partial charge in [0.05, 0.1) is 22.8 Å². The number of benzene rings is 2. The van der Waals surface area contributed by atoms with Crippen molar-refractivity contribution in [3.63, 3.8) is 0 Å². The van der Waals surface area contributed by atoms with Gasteiger partial charge in [0.1, 0.15) is 11.6 Å². The number of fused-ring (bicyclic) bond motifs is 2. The topological polar surface area (TPSA) is 107 Å². The van der Waals surface area contributed by atoms with Gasteiger partial charge in [-0.3, -0.25) is 19.3 Å². The molecule has 8 nitrogen and oxygen atoms in total. The summed E-state index contributed by atoms with van der Waals surface area (Å²) in [4.78, 5) is 52.6. The summed E-state index contributed by atoms with van der Waals surface area (Å²) >= 11 is 0. The highest BCUT2D eigenvalue weighted by Gasteiger charge is 2.41. The Kier molecular flexibility index (Phi) is 4.70. The van der Waals surface area contributed by atoms with E-state index in [2.05, 4.69) is 0 Å². The van der Waals surface area contributed by atoms with E-state index in [1.807, 2.05) is 6.92 Å². The second-order valence-corrected chi connectivity index (χ2v) is 7.69. The highest BCUT2D eigenvalue weighted by molar-refractivity contribution is 6.22. The molecule has 164 valence electrons. The first-order valence-corrected chi connectivity index (χ1v) is 10.2. The van der Waals surface area contributed by atoms with Crippen LogP contribution in [0.5, 0.6) is 5.75 Å². The summed E-state index contributed by atoms with van der Waals surface area (Å²) in [6.07, 6.45) is 1.39. The molecular formula is C25H17NO7. The van der Waals surface area contributed by atoms with Gasteiger partial charge in [-0.25, -0.2) is 4.79 Å². The first-order valence-electron chi connectivity index (χ1n) is 10.2. The third-order valence-corrected chi connectivity index (χ3v) is 5.51. The van der Waals surface area contributed by atoms with Crippen LogP contribution in [0.25, 0.3) is 22.5 Å². The van der Waals surface area contributed by atoms with Gasteiger partial charge in [0.25, 0.3) is 11.8 Å². The van der Waals surface area contributed by atoms with E-state index in [4.69, 9.17) is 13.6 Å². The molecule has 0 radical (unpaired) electrons. The van der Waals surface area contributed by atoms with E-state index >= 15 is 0 Å². The number of nitrogens with zero attached hydrogens (tertiary/aromatic N) is 1. The predicted octanol–water partition coefficient (Wildman–Crippen LogP) is 3.95. The Morgan fingerprint density at radius 1 is 0.970 bits per heavy atom. The predicted molar refractivity (Wildman–Crippen MR) is 117 cm³/mol. The summed E-state index contributed by atoms with van der Waals surface area (Å²) in [5.74, 6) is -2.43. The van der Waals surface area contributed by atoms with Gasteiger partial charge in [0, 0.05) is 0 Å². The molecule has 2 aromatic heterocycles. The highest BCUT2D eigenvalue weighted by Crippen LogP contribution is 2.32. The van der Waals surface area contributed by atoms with Crippen LogP contribution in [0.3, 0.4) is 0 Å². The molecule has 0 aliphatic carbocycles. The van der Waals surface area contributed by atoms with E-state index in [9.17, 15) is 19.2 Å². The van der Waals surface area contributed by atoms with Crippen LogP contribution in [0.2, 0.25) is 0 Å². The lowest BCUT2D eigenvalue weighted by atomic mass is 10.1. The second kappa shape index (κ2) is 7.59. The molecule has 2 aromatic carbocycles. The van der Waals surface area contributed by atoms with Gasteiger partial charge < -0.3 is 13.6 Å². The molecule has 0 bridgehead atoms. The molecule has 1 atom stereocenters.